The highest BCUT2D eigenvalue weighted by atomic mass is 16.6. The average Bonchev–Trinajstić information content (AvgIpc) is 3.00. The first kappa shape index (κ1) is 26.7. The van der Waals surface area contributed by atoms with Crippen molar-refractivity contribution < 1.29 is 33.4 Å². The summed E-state index contributed by atoms with van der Waals surface area (Å²) < 4.78 is 15.4. The number of carbonyl (C=O) groups is 4. The number of benzene rings is 1. The van der Waals surface area contributed by atoms with Gasteiger partial charge in [-0.15, -0.1) is 0 Å². The van der Waals surface area contributed by atoms with Gasteiger partial charge in [0.05, 0.1) is 19.8 Å². The third kappa shape index (κ3) is 5.14. The van der Waals surface area contributed by atoms with E-state index in [0.29, 0.717) is 0 Å². The van der Waals surface area contributed by atoms with Crippen molar-refractivity contribution in [3.63, 3.8) is 0 Å². The summed E-state index contributed by atoms with van der Waals surface area (Å²) in [7, 11) is 5.53. The molecule has 0 aliphatic carbocycles. The first-order valence-electron chi connectivity index (χ1n) is 10.5. The Bertz CT molecular complexity index is 985. The van der Waals surface area contributed by atoms with Gasteiger partial charge in [-0.25, -0.2) is 19.8 Å². The van der Waals surface area contributed by atoms with Crippen LogP contribution in [0.15, 0.2) is 41.6 Å². The third-order valence-corrected chi connectivity index (χ3v) is 5.09. The summed E-state index contributed by atoms with van der Waals surface area (Å²) >= 11 is 0. The van der Waals surface area contributed by atoms with Crippen LogP contribution in [-0.4, -0.2) is 79.5 Å². The molecule has 11 nitrogen and oxygen atoms in total. The van der Waals surface area contributed by atoms with Gasteiger partial charge >= 0.3 is 18.0 Å². The lowest BCUT2D eigenvalue weighted by Gasteiger charge is -2.41. The van der Waals surface area contributed by atoms with Crippen LogP contribution in [0.2, 0.25) is 0 Å². The van der Waals surface area contributed by atoms with Crippen molar-refractivity contribution in [3.05, 3.63) is 47.2 Å². The Kier molecular flexibility index (Phi) is 7.93. The van der Waals surface area contributed by atoms with E-state index < -0.39 is 41.2 Å². The smallest absolute Gasteiger partial charge is 0.426 e. The number of carbonyl (C=O) groups excluding carboxylic acids is 4. The topological polar surface area (TPSA) is 127 Å². The van der Waals surface area contributed by atoms with E-state index in [0.717, 1.165) is 14.2 Å². The number of hydrogen-bond donors (Lipinski definition) is 2. The van der Waals surface area contributed by atoms with E-state index in [1.54, 1.807) is 70.1 Å². The monoisotopic (exact) mass is 476 g/mol. The number of methoxy groups -OCH3 is 2. The van der Waals surface area contributed by atoms with E-state index in [9.17, 15) is 19.2 Å². The van der Waals surface area contributed by atoms with Crippen LogP contribution >= 0.6 is 0 Å². The van der Waals surface area contributed by atoms with Gasteiger partial charge in [0.25, 0.3) is 5.91 Å². The highest BCUT2D eigenvalue weighted by Gasteiger charge is 2.63. The first-order valence-corrected chi connectivity index (χ1v) is 10.5. The second-order valence-electron chi connectivity index (χ2n) is 8.89. The number of nitrogens with one attached hydrogen (secondary N) is 2. The molecule has 0 saturated heterocycles. The highest BCUT2D eigenvalue weighted by molar-refractivity contribution is 6.07. The Morgan fingerprint density at radius 1 is 1.03 bits per heavy atom. The minimum absolute atomic E-state index is 0.162. The molecule has 1 aliphatic heterocycles. The van der Waals surface area contributed by atoms with E-state index in [4.69, 9.17) is 14.2 Å². The van der Waals surface area contributed by atoms with Crippen molar-refractivity contribution in [1.29, 1.82) is 0 Å². The van der Waals surface area contributed by atoms with Gasteiger partial charge in [0.1, 0.15) is 11.8 Å². The average molecular weight is 477 g/mol. The molecule has 2 N–H and O–H groups in total. The van der Waals surface area contributed by atoms with Gasteiger partial charge in [-0.05, 0) is 53.9 Å². The minimum Gasteiger partial charge on any atom is -0.467 e. The molecule has 0 unspecified atom stereocenters. The SMILES string of the molecule is COC(=O)C1=C(C)N(NC(=O)OC(C)(C)C)[C@H](N(C)C)[C@]1(NC(=O)c1ccccc1)C(=O)OC. The van der Waals surface area contributed by atoms with Crippen molar-refractivity contribution in [2.24, 2.45) is 0 Å². The second kappa shape index (κ2) is 10.1. The second-order valence-corrected chi connectivity index (χ2v) is 8.89. The Morgan fingerprint density at radius 3 is 2.09 bits per heavy atom. The minimum atomic E-state index is -2.06. The summed E-state index contributed by atoms with van der Waals surface area (Å²) in [5, 5.41) is 3.97. The zero-order valence-electron chi connectivity index (χ0n) is 20.7. The molecule has 0 bridgehead atoms. The summed E-state index contributed by atoms with van der Waals surface area (Å²) in [6.07, 6.45) is -1.94. The van der Waals surface area contributed by atoms with Crippen molar-refractivity contribution in [1.82, 2.24) is 20.7 Å². The molecule has 1 aromatic rings. The number of rotatable bonds is 6. The van der Waals surface area contributed by atoms with Gasteiger partial charge in [-0.1, -0.05) is 18.2 Å². The number of esters is 2. The number of amides is 2. The van der Waals surface area contributed by atoms with Crippen LogP contribution in [0, 0.1) is 0 Å². The molecule has 1 aromatic carbocycles. The Balaban J connectivity index is 2.70. The van der Waals surface area contributed by atoms with E-state index in [1.807, 2.05) is 0 Å². The molecule has 2 atom stereocenters. The maximum absolute atomic E-state index is 13.4. The largest absolute Gasteiger partial charge is 0.467 e. The molecule has 1 aliphatic rings. The molecule has 0 aromatic heterocycles. The summed E-state index contributed by atoms with van der Waals surface area (Å²) in [6, 6.07) is 8.19. The molecule has 0 radical (unpaired) electrons. The summed E-state index contributed by atoms with van der Waals surface area (Å²) in [5.41, 5.74) is -0.0625. The van der Waals surface area contributed by atoms with Crippen molar-refractivity contribution in [2.75, 3.05) is 28.3 Å². The number of ether oxygens (including phenoxy) is 3. The van der Waals surface area contributed by atoms with Crippen molar-refractivity contribution in [2.45, 2.75) is 45.0 Å². The summed E-state index contributed by atoms with van der Waals surface area (Å²) in [4.78, 5) is 53.8. The van der Waals surface area contributed by atoms with Crippen LogP contribution in [0.3, 0.4) is 0 Å². The number of hydrogen-bond acceptors (Lipinski definition) is 9. The van der Waals surface area contributed by atoms with Crippen LogP contribution in [0.4, 0.5) is 4.79 Å². The maximum Gasteiger partial charge on any atom is 0.426 e. The molecule has 2 rings (SSSR count). The fourth-order valence-corrected chi connectivity index (χ4v) is 3.87. The summed E-state index contributed by atoms with van der Waals surface area (Å²) in [5.74, 6) is -2.44. The molecular weight excluding hydrogens is 444 g/mol. The van der Waals surface area contributed by atoms with Crippen LogP contribution in [0.1, 0.15) is 38.1 Å². The summed E-state index contributed by atoms with van der Waals surface area (Å²) in [6.45, 7) is 6.60. The van der Waals surface area contributed by atoms with Gasteiger partial charge < -0.3 is 19.5 Å². The zero-order valence-corrected chi connectivity index (χ0v) is 20.7. The van der Waals surface area contributed by atoms with Gasteiger partial charge in [-0.3, -0.25) is 14.7 Å². The molecule has 186 valence electrons. The zero-order chi connectivity index (χ0) is 25.8. The van der Waals surface area contributed by atoms with Gasteiger partial charge in [0.15, 0.2) is 0 Å². The lowest BCUT2D eigenvalue weighted by atomic mass is 9.87. The molecular formula is C23H32N4O7. The standard InChI is InChI=1S/C23H32N4O7/c1-14-16(18(29)32-7)23(20(30)33-8,24-17(28)15-12-10-9-11-13-15)19(26(5)6)27(14)25-21(31)34-22(2,3)4/h9-13,19H,1-8H3,(H,24,28)(H,25,31)/t19-,23-/m0/s1. The first-order chi connectivity index (χ1) is 15.8. The van der Waals surface area contributed by atoms with Crippen LogP contribution in [-0.2, 0) is 23.8 Å². The normalized spacial score (nSPS) is 20.1. The van der Waals surface area contributed by atoms with E-state index in [1.165, 1.54) is 11.9 Å². The lowest BCUT2D eigenvalue weighted by Crippen LogP contribution is -2.70. The van der Waals surface area contributed by atoms with Gasteiger partial charge in [0, 0.05) is 11.3 Å². The predicted octanol–water partition coefficient (Wildman–Crippen LogP) is 1.42. The highest BCUT2D eigenvalue weighted by Crippen LogP contribution is 2.39. The van der Waals surface area contributed by atoms with E-state index in [-0.39, 0.29) is 16.8 Å². The van der Waals surface area contributed by atoms with E-state index >= 15 is 0 Å². The van der Waals surface area contributed by atoms with Crippen LogP contribution in [0.25, 0.3) is 0 Å². The maximum atomic E-state index is 13.4. The number of hydrazine groups is 1. The molecule has 1 heterocycles. The Labute approximate surface area is 199 Å². The number of nitrogens with zero attached hydrogens (tertiary/aromatic N) is 2. The lowest BCUT2D eigenvalue weighted by molar-refractivity contribution is -0.154. The fraction of sp³-hybridized carbons (Fsp3) is 0.478. The van der Waals surface area contributed by atoms with Gasteiger partial charge in [0.2, 0.25) is 5.54 Å². The van der Waals surface area contributed by atoms with Crippen molar-refractivity contribution in [3.8, 4) is 0 Å². The molecule has 2 amide bonds. The molecule has 0 saturated carbocycles. The van der Waals surface area contributed by atoms with Crippen LogP contribution < -0.4 is 10.7 Å². The Hall–Kier alpha value is -3.60. The quantitative estimate of drug-likeness (QED) is 0.463. The molecule has 0 spiro atoms. The fourth-order valence-electron chi connectivity index (χ4n) is 3.87. The Morgan fingerprint density at radius 2 is 1.62 bits per heavy atom. The molecule has 34 heavy (non-hydrogen) atoms. The molecule has 0 fully saturated rings. The molecule has 11 heteroatoms. The van der Waals surface area contributed by atoms with Crippen LogP contribution in [0.5, 0.6) is 0 Å². The van der Waals surface area contributed by atoms with Crippen molar-refractivity contribution >= 4 is 23.9 Å². The predicted molar refractivity (Wildman–Crippen MR) is 122 cm³/mol. The van der Waals surface area contributed by atoms with E-state index in [2.05, 4.69) is 10.7 Å². The van der Waals surface area contributed by atoms with Gasteiger partial charge in [-0.2, -0.15) is 0 Å². The number of allylic oxidation sites excluding steroid dienone is 1. The number of likely N-dealkylation sites (N-methyl/N-ethyl adjacent to an activating group) is 1. The third-order valence-electron chi connectivity index (χ3n) is 5.09.